The molecule has 0 bridgehead atoms. The Morgan fingerprint density at radius 3 is 2.26 bits per heavy atom. The topological polar surface area (TPSA) is 93.9 Å². The highest BCUT2D eigenvalue weighted by atomic mass is 16.6. The Labute approximate surface area is 157 Å². The van der Waals surface area contributed by atoms with Crippen molar-refractivity contribution in [2.24, 2.45) is 0 Å². The normalized spacial score (nSPS) is 11.7. The molecule has 1 N–H and O–H groups in total. The van der Waals surface area contributed by atoms with E-state index in [1.807, 2.05) is 49.3 Å². The van der Waals surface area contributed by atoms with Crippen LogP contribution in [0.3, 0.4) is 0 Å². The van der Waals surface area contributed by atoms with Gasteiger partial charge in [0, 0.05) is 12.6 Å². The second-order valence-electron chi connectivity index (χ2n) is 6.08. The van der Waals surface area contributed by atoms with Gasteiger partial charge in [-0.2, -0.15) is 0 Å². The standard InChI is InChI=1S/C19H23N3O5/c1-21(2)16(13-8-6-5-7-9-13)12-20-19(23)14-10-17(26-3)18(27-4)11-15(14)22(24)25/h5-11,16H,12H2,1-4H3,(H,20,23). The second-order valence-corrected chi connectivity index (χ2v) is 6.08. The molecule has 0 radical (unpaired) electrons. The van der Waals surface area contributed by atoms with E-state index >= 15 is 0 Å². The summed E-state index contributed by atoms with van der Waals surface area (Å²) in [5.41, 5.74) is 0.610. The Morgan fingerprint density at radius 1 is 1.15 bits per heavy atom. The van der Waals surface area contributed by atoms with Crippen molar-refractivity contribution in [3.05, 3.63) is 63.7 Å². The van der Waals surface area contributed by atoms with Gasteiger partial charge < -0.3 is 19.7 Å². The summed E-state index contributed by atoms with van der Waals surface area (Å²) in [4.78, 5) is 25.4. The quantitative estimate of drug-likeness (QED) is 0.565. The van der Waals surface area contributed by atoms with Gasteiger partial charge in [-0.3, -0.25) is 14.9 Å². The smallest absolute Gasteiger partial charge is 0.286 e. The molecule has 2 rings (SSSR count). The first kappa shape index (κ1) is 20.2. The maximum atomic E-state index is 12.7. The Bertz CT molecular complexity index is 808. The van der Waals surface area contributed by atoms with Crippen LogP contribution in [0.4, 0.5) is 5.69 Å². The summed E-state index contributed by atoms with van der Waals surface area (Å²) in [5, 5.41) is 14.2. The molecule has 27 heavy (non-hydrogen) atoms. The highest BCUT2D eigenvalue weighted by Crippen LogP contribution is 2.34. The molecule has 0 fully saturated rings. The van der Waals surface area contributed by atoms with Crippen molar-refractivity contribution in [3.8, 4) is 11.5 Å². The van der Waals surface area contributed by atoms with Crippen LogP contribution >= 0.6 is 0 Å². The SMILES string of the molecule is COc1cc(C(=O)NCC(c2ccccc2)N(C)C)c([N+](=O)[O-])cc1OC. The van der Waals surface area contributed by atoms with Crippen LogP contribution in [0.1, 0.15) is 22.0 Å². The summed E-state index contributed by atoms with van der Waals surface area (Å²) in [6.07, 6.45) is 0. The molecule has 0 aliphatic carbocycles. The van der Waals surface area contributed by atoms with Crippen molar-refractivity contribution in [3.63, 3.8) is 0 Å². The molecule has 0 saturated carbocycles. The molecule has 2 aromatic carbocycles. The fourth-order valence-corrected chi connectivity index (χ4v) is 2.76. The zero-order valence-corrected chi connectivity index (χ0v) is 15.8. The number of benzene rings is 2. The van der Waals surface area contributed by atoms with Gasteiger partial charge in [0.1, 0.15) is 5.56 Å². The van der Waals surface area contributed by atoms with Crippen LogP contribution in [0.5, 0.6) is 11.5 Å². The highest BCUT2D eigenvalue weighted by molar-refractivity contribution is 5.99. The van der Waals surface area contributed by atoms with E-state index in [1.54, 1.807) is 0 Å². The minimum absolute atomic E-state index is 0.0747. The molecule has 1 unspecified atom stereocenters. The number of nitrogens with one attached hydrogen (secondary N) is 1. The van der Waals surface area contributed by atoms with Gasteiger partial charge in [-0.05, 0) is 19.7 Å². The predicted molar refractivity (Wildman–Crippen MR) is 101 cm³/mol. The zero-order valence-electron chi connectivity index (χ0n) is 15.8. The Balaban J connectivity index is 2.27. The van der Waals surface area contributed by atoms with Gasteiger partial charge >= 0.3 is 0 Å². The maximum Gasteiger partial charge on any atom is 0.286 e. The average Bonchev–Trinajstić information content (AvgIpc) is 2.67. The molecule has 8 heteroatoms. The third kappa shape index (κ3) is 4.73. The largest absolute Gasteiger partial charge is 0.493 e. The molecule has 0 aliphatic heterocycles. The van der Waals surface area contributed by atoms with Crippen LogP contribution in [0, 0.1) is 10.1 Å². The van der Waals surface area contributed by atoms with Crippen LogP contribution in [0.15, 0.2) is 42.5 Å². The fourth-order valence-electron chi connectivity index (χ4n) is 2.76. The van der Waals surface area contributed by atoms with E-state index in [1.165, 1.54) is 26.4 Å². The molecule has 0 saturated heterocycles. The molecule has 8 nitrogen and oxygen atoms in total. The summed E-state index contributed by atoms with van der Waals surface area (Å²) in [7, 11) is 6.59. The zero-order chi connectivity index (χ0) is 20.0. The van der Waals surface area contributed by atoms with Gasteiger partial charge in [-0.15, -0.1) is 0 Å². The number of hydrogen-bond donors (Lipinski definition) is 1. The third-order valence-corrected chi connectivity index (χ3v) is 4.21. The number of ether oxygens (including phenoxy) is 2. The van der Waals surface area contributed by atoms with Gasteiger partial charge in [0.15, 0.2) is 11.5 Å². The van der Waals surface area contributed by atoms with E-state index in [-0.39, 0.29) is 28.8 Å². The second kappa shape index (κ2) is 9.00. The van der Waals surface area contributed by atoms with Gasteiger partial charge in [-0.25, -0.2) is 0 Å². The summed E-state index contributed by atoms with van der Waals surface area (Å²) < 4.78 is 10.2. The van der Waals surface area contributed by atoms with Gasteiger partial charge in [0.05, 0.1) is 31.3 Å². The number of carbonyl (C=O) groups excluding carboxylic acids is 1. The predicted octanol–water partition coefficient (Wildman–Crippen LogP) is 2.64. The molecule has 1 atom stereocenters. The number of carbonyl (C=O) groups is 1. The number of nitro groups is 1. The lowest BCUT2D eigenvalue weighted by atomic mass is 10.1. The molecule has 0 aliphatic rings. The van der Waals surface area contributed by atoms with E-state index < -0.39 is 10.8 Å². The van der Waals surface area contributed by atoms with Crippen molar-refractivity contribution in [2.75, 3.05) is 34.9 Å². The van der Waals surface area contributed by atoms with Gasteiger partial charge in [0.25, 0.3) is 11.6 Å². The van der Waals surface area contributed by atoms with E-state index in [2.05, 4.69) is 5.32 Å². The van der Waals surface area contributed by atoms with E-state index in [0.717, 1.165) is 5.56 Å². The number of methoxy groups -OCH3 is 2. The van der Waals surface area contributed by atoms with Crippen molar-refractivity contribution < 1.29 is 19.2 Å². The lowest BCUT2D eigenvalue weighted by Gasteiger charge is -2.25. The lowest BCUT2D eigenvalue weighted by molar-refractivity contribution is -0.385. The number of rotatable bonds is 8. The number of amides is 1. The number of likely N-dealkylation sites (N-methyl/N-ethyl adjacent to an activating group) is 1. The third-order valence-electron chi connectivity index (χ3n) is 4.21. The Morgan fingerprint density at radius 2 is 1.74 bits per heavy atom. The van der Waals surface area contributed by atoms with Crippen LogP contribution in [0.25, 0.3) is 0 Å². The molecule has 0 spiro atoms. The van der Waals surface area contributed by atoms with Crippen molar-refractivity contribution in [1.29, 1.82) is 0 Å². The summed E-state index contributed by atoms with van der Waals surface area (Å²) in [6.45, 7) is 0.293. The number of nitrogens with zero attached hydrogens (tertiary/aromatic N) is 2. The van der Waals surface area contributed by atoms with Crippen LogP contribution in [-0.2, 0) is 0 Å². The minimum atomic E-state index is -0.614. The lowest BCUT2D eigenvalue weighted by Crippen LogP contribution is -2.34. The van der Waals surface area contributed by atoms with E-state index in [4.69, 9.17) is 9.47 Å². The van der Waals surface area contributed by atoms with Crippen molar-refractivity contribution in [1.82, 2.24) is 10.2 Å². The first-order valence-corrected chi connectivity index (χ1v) is 8.29. The number of nitro benzene ring substituents is 1. The summed E-state index contributed by atoms with van der Waals surface area (Å²) in [5.74, 6) is -0.109. The number of hydrogen-bond acceptors (Lipinski definition) is 6. The van der Waals surface area contributed by atoms with Crippen LogP contribution in [-0.4, -0.2) is 50.6 Å². The van der Waals surface area contributed by atoms with Crippen molar-refractivity contribution >= 4 is 11.6 Å². The minimum Gasteiger partial charge on any atom is -0.493 e. The fraction of sp³-hybridized carbons (Fsp3) is 0.316. The van der Waals surface area contributed by atoms with Crippen molar-refractivity contribution in [2.45, 2.75) is 6.04 Å². The highest BCUT2D eigenvalue weighted by Gasteiger charge is 2.25. The molecule has 1 amide bonds. The molecule has 2 aromatic rings. The monoisotopic (exact) mass is 373 g/mol. The molecular weight excluding hydrogens is 350 g/mol. The molecule has 144 valence electrons. The summed E-state index contributed by atoms with van der Waals surface area (Å²) >= 11 is 0. The molecule has 0 aromatic heterocycles. The average molecular weight is 373 g/mol. The Kier molecular flexibility index (Phi) is 6.73. The molecule has 0 heterocycles. The Hall–Kier alpha value is -3.13. The maximum absolute atomic E-state index is 12.7. The first-order chi connectivity index (χ1) is 12.9. The van der Waals surface area contributed by atoms with E-state index in [0.29, 0.717) is 6.54 Å². The molecular formula is C19H23N3O5. The van der Waals surface area contributed by atoms with Crippen LogP contribution in [0.2, 0.25) is 0 Å². The summed E-state index contributed by atoms with van der Waals surface area (Å²) in [6, 6.07) is 12.1. The van der Waals surface area contributed by atoms with Gasteiger partial charge in [0.2, 0.25) is 0 Å². The van der Waals surface area contributed by atoms with Gasteiger partial charge in [-0.1, -0.05) is 30.3 Å². The van der Waals surface area contributed by atoms with E-state index in [9.17, 15) is 14.9 Å². The first-order valence-electron chi connectivity index (χ1n) is 8.29. The van der Waals surface area contributed by atoms with Crippen LogP contribution < -0.4 is 14.8 Å².